The molecular weight excluding hydrogens is 356 g/mol. The van der Waals surface area contributed by atoms with Crippen molar-refractivity contribution in [3.63, 3.8) is 0 Å². The van der Waals surface area contributed by atoms with Crippen LogP contribution in [0, 0.1) is 46.9 Å². The van der Waals surface area contributed by atoms with Crippen molar-refractivity contribution in [1.82, 2.24) is 0 Å². The van der Waals surface area contributed by atoms with Gasteiger partial charge >= 0.3 is 0 Å². The fraction of sp³-hybridized carbons (Fsp3) is 0.727. The number of rotatable bonds is 6. The summed E-state index contributed by atoms with van der Waals surface area (Å²) in [5.41, 5.74) is 0. The van der Waals surface area contributed by atoms with E-state index in [2.05, 4.69) is 6.92 Å². The van der Waals surface area contributed by atoms with Gasteiger partial charge < -0.3 is 4.74 Å². The van der Waals surface area contributed by atoms with Crippen molar-refractivity contribution < 1.29 is 22.3 Å². The SMILES string of the molecule is CCC[C@H]1CC[C@H](C2CCC(COc3cc(F)c(F)c(F)c3F)CC2)CC1. The van der Waals surface area contributed by atoms with Crippen molar-refractivity contribution in [3.05, 3.63) is 29.3 Å². The summed E-state index contributed by atoms with van der Waals surface area (Å²) in [6.45, 7) is 2.48. The van der Waals surface area contributed by atoms with Crippen molar-refractivity contribution in [2.75, 3.05) is 6.61 Å². The Labute approximate surface area is 159 Å². The van der Waals surface area contributed by atoms with Gasteiger partial charge in [0.05, 0.1) is 6.61 Å². The third-order valence-corrected chi connectivity index (χ3v) is 6.69. The first kappa shape index (κ1) is 20.5. The molecule has 0 unspecified atom stereocenters. The van der Waals surface area contributed by atoms with Crippen molar-refractivity contribution in [2.24, 2.45) is 23.7 Å². The van der Waals surface area contributed by atoms with E-state index < -0.39 is 29.0 Å². The first-order valence-electron chi connectivity index (χ1n) is 10.4. The van der Waals surface area contributed by atoms with E-state index in [1.165, 1.54) is 38.5 Å². The zero-order valence-electron chi connectivity index (χ0n) is 16.1. The van der Waals surface area contributed by atoms with E-state index in [1.54, 1.807) is 0 Å². The summed E-state index contributed by atoms with van der Waals surface area (Å²) in [6, 6.07) is 0.591. The summed E-state index contributed by atoms with van der Waals surface area (Å²) >= 11 is 0. The van der Waals surface area contributed by atoms with Gasteiger partial charge in [0, 0.05) is 6.07 Å². The van der Waals surface area contributed by atoms with Crippen molar-refractivity contribution in [3.8, 4) is 5.75 Å². The lowest BCUT2D eigenvalue weighted by Crippen LogP contribution is -2.27. The van der Waals surface area contributed by atoms with Crippen LogP contribution in [0.4, 0.5) is 17.6 Å². The smallest absolute Gasteiger partial charge is 0.203 e. The molecular formula is C22H30F4O. The number of ether oxygens (including phenoxy) is 1. The van der Waals surface area contributed by atoms with Gasteiger partial charge in [0.15, 0.2) is 17.4 Å². The van der Waals surface area contributed by atoms with Gasteiger partial charge in [0.25, 0.3) is 0 Å². The van der Waals surface area contributed by atoms with Crippen molar-refractivity contribution in [2.45, 2.75) is 71.1 Å². The van der Waals surface area contributed by atoms with Crippen LogP contribution in [-0.4, -0.2) is 6.61 Å². The van der Waals surface area contributed by atoms with Crippen molar-refractivity contribution >= 4 is 0 Å². The molecule has 0 radical (unpaired) electrons. The second-order valence-corrected chi connectivity index (χ2v) is 8.46. The van der Waals surface area contributed by atoms with Gasteiger partial charge in [-0.25, -0.2) is 13.2 Å². The van der Waals surface area contributed by atoms with Gasteiger partial charge in [-0.05, 0) is 62.2 Å². The normalized spacial score (nSPS) is 28.9. The molecule has 5 heteroatoms. The summed E-state index contributed by atoms with van der Waals surface area (Å²) in [6.07, 6.45) is 12.3. The standard InChI is InChI=1S/C22H30F4O/c1-2-3-14-4-8-16(9-5-14)17-10-6-15(7-11-17)13-27-19-12-18(23)20(24)22(26)21(19)25/h12,14-17H,2-11,13H2,1H3/t14-,15?,16-,17?. The Morgan fingerprint density at radius 3 is 1.89 bits per heavy atom. The molecule has 0 aliphatic heterocycles. The van der Waals surface area contributed by atoms with Gasteiger partial charge in [-0.1, -0.05) is 32.6 Å². The second-order valence-electron chi connectivity index (χ2n) is 8.46. The molecule has 2 aliphatic rings. The molecule has 0 aromatic heterocycles. The molecule has 1 nitrogen and oxygen atoms in total. The maximum absolute atomic E-state index is 13.7. The lowest BCUT2D eigenvalue weighted by atomic mass is 9.69. The van der Waals surface area contributed by atoms with Gasteiger partial charge in [0.1, 0.15) is 0 Å². The minimum absolute atomic E-state index is 0.220. The average molecular weight is 386 g/mol. The molecule has 0 spiro atoms. The molecule has 1 aromatic rings. The highest BCUT2D eigenvalue weighted by molar-refractivity contribution is 5.27. The van der Waals surface area contributed by atoms with Crippen LogP contribution in [0.3, 0.4) is 0 Å². The first-order chi connectivity index (χ1) is 13.0. The molecule has 2 aliphatic carbocycles. The maximum atomic E-state index is 13.7. The summed E-state index contributed by atoms with van der Waals surface area (Å²) in [4.78, 5) is 0. The highest BCUT2D eigenvalue weighted by atomic mass is 19.2. The molecule has 2 fully saturated rings. The highest BCUT2D eigenvalue weighted by Crippen LogP contribution is 2.42. The number of hydrogen-bond donors (Lipinski definition) is 0. The van der Waals surface area contributed by atoms with Crippen LogP contribution in [0.25, 0.3) is 0 Å². The summed E-state index contributed by atoms with van der Waals surface area (Å²) in [7, 11) is 0. The molecule has 3 rings (SSSR count). The Kier molecular flexibility index (Phi) is 7.04. The largest absolute Gasteiger partial charge is 0.490 e. The second kappa shape index (κ2) is 9.29. The van der Waals surface area contributed by atoms with E-state index in [-0.39, 0.29) is 12.5 Å². The minimum atomic E-state index is -1.81. The molecule has 1 aromatic carbocycles. The summed E-state index contributed by atoms with van der Waals surface area (Å²) < 4.78 is 58.5. The number of benzene rings is 1. The lowest BCUT2D eigenvalue weighted by molar-refractivity contribution is 0.120. The Bertz CT molecular complexity index is 617. The minimum Gasteiger partial charge on any atom is -0.490 e. The van der Waals surface area contributed by atoms with Crippen LogP contribution in [0.5, 0.6) is 5.75 Å². The van der Waals surface area contributed by atoms with E-state index in [0.717, 1.165) is 43.4 Å². The number of halogens is 4. The molecule has 152 valence electrons. The van der Waals surface area contributed by atoms with E-state index >= 15 is 0 Å². The van der Waals surface area contributed by atoms with Gasteiger partial charge in [-0.2, -0.15) is 4.39 Å². The quantitative estimate of drug-likeness (QED) is 0.290. The lowest BCUT2D eigenvalue weighted by Gasteiger charge is -2.37. The molecule has 0 bridgehead atoms. The van der Waals surface area contributed by atoms with Crippen molar-refractivity contribution in [1.29, 1.82) is 0 Å². The first-order valence-corrected chi connectivity index (χ1v) is 10.4. The highest BCUT2D eigenvalue weighted by Gasteiger charge is 2.31. The van der Waals surface area contributed by atoms with Crippen LogP contribution in [-0.2, 0) is 0 Å². The number of hydrogen-bond acceptors (Lipinski definition) is 1. The topological polar surface area (TPSA) is 9.23 Å². The van der Waals surface area contributed by atoms with E-state index in [0.29, 0.717) is 6.07 Å². The van der Waals surface area contributed by atoms with Gasteiger partial charge in [-0.3, -0.25) is 0 Å². The monoisotopic (exact) mass is 386 g/mol. The maximum Gasteiger partial charge on any atom is 0.203 e. The summed E-state index contributed by atoms with van der Waals surface area (Å²) in [5, 5.41) is 0. The van der Waals surface area contributed by atoms with Crippen LogP contribution in [0.2, 0.25) is 0 Å². The zero-order valence-corrected chi connectivity index (χ0v) is 16.1. The fourth-order valence-electron chi connectivity index (χ4n) is 5.05. The zero-order chi connectivity index (χ0) is 19.4. The van der Waals surface area contributed by atoms with Crippen LogP contribution in [0.1, 0.15) is 71.1 Å². The Balaban J connectivity index is 1.44. The molecule has 0 amide bonds. The van der Waals surface area contributed by atoms with E-state index in [1.807, 2.05) is 0 Å². The molecule has 27 heavy (non-hydrogen) atoms. The van der Waals surface area contributed by atoms with E-state index in [4.69, 9.17) is 4.74 Å². The molecule has 0 atom stereocenters. The summed E-state index contributed by atoms with van der Waals surface area (Å²) in [5.74, 6) is -4.25. The molecule has 2 saturated carbocycles. The third-order valence-electron chi connectivity index (χ3n) is 6.69. The molecule has 0 N–H and O–H groups in total. The third kappa shape index (κ3) is 4.97. The Morgan fingerprint density at radius 2 is 1.33 bits per heavy atom. The van der Waals surface area contributed by atoms with E-state index in [9.17, 15) is 17.6 Å². The fourth-order valence-corrected chi connectivity index (χ4v) is 5.05. The van der Waals surface area contributed by atoms with Crippen LogP contribution >= 0.6 is 0 Å². The predicted octanol–water partition coefficient (Wildman–Crippen LogP) is 7.03. The predicted molar refractivity (Wildman–Crippen MR) is 97.6 cm³/mol. The average Bonchev–Trinajstić information content (AvgIpc) is 2.69. The van der Waals surface area contributed by atoms with Gasteiger partial charge in [0.2, 0.25) is 11.6 Å². The van der Waals surface area contributed by atoms with Crippen LogP contribution < -0.4 is 4.74 Å². The van der Waals surface area contributed by atoms with Gasteiger partial charge in [-0.15, -0.1) is 0 Å². The Hall–Kier alpha value is -1.26. The van der Waals surface area contributed by atoms with Crippen LogP contribution in [0.15, 0.2) is 6.07 Å². The molecule has 0 heterocycles. The Morgan fingerprint density at radius 1 is 0.778 bits per heavy atom. The molecule has 0 saturated heterocycles.